The van der Waals surface area contributed by atoms with Gasteiger partial charge in [-0.15, -0.1) is 0 Å². The van der Waals surface area contributed by atoms with Crippen LogP contribution in [0, 0.1) is 0 Å². The van der Waals surface area contributed by atoms with E-state index in [4.69, 9.17) is 4.74 Å². The van der Waals surface area contributed by atoms with Crippen LogP contribution in [-0.2, 0) is 14.3 Å². The first-order chi connectivity index (χ1) is 7.93. The lowest BCUT2D eigenvalue weighted by Gasteiger charge is -2.40. The Hall–Kier alpha value is -1.10. The molecule has 5 heteroatoms. The van der Waals surface area contributed by atoms with Crippen LogP contribution < -0.4 is 5.32 Å². The second-order valence-corrected chi connectivity index (χ2v) is 5.27. The molecular formula is C12H20N2O3. The van der Waals surface area contributed by atoms with Crippen molar-refractivity contribution in [2.75, 3.05) is 13.2 Å². The number of carbonyl (C=O) groups is 2. The molecule has 2 amide bonds. The molecule has 2 fully saturated rings. The molecule has 0 radical (unpaired) electrons. The van der Waals surface area contributed by atoms with Gasteiger partial charge in [-0.1, -0.05) is 0 Å². The Bertz CT molecular complexity index is 337. The van der Waals surface area contributed by atoms with E-state index in [1.165, 1.54) is 0 Å². The van der Waals surface area contributed by atoms with Gasteiger partial charge < -0.3 is 15.0 Å². The Morgan fingerprint density at radius 2 is 2.18 bits per heavy atom. The molecule has 0 aliphatic carbocycles. The van der Waals surface area contributed by atoms with E-state index < -0.39 is 12.1 Å². The van der Waals surface area contributed by atoms with Crippen molar-refractivity contribution < 1.29 is 14.3 Å². The number of nitrogens with one attached hydrogen (secondary N) is 1. The first-order valence-corrected chi connectivity index (χ1v) is 6.18. The zero-order valence-electron chi connectivity index (χ0n) is 10.7. The molecule has 0 bridgehead atoms. The Morgan fingerprint density at radius 1 is 1.47 bits per heavy atom. The Kier molecular flexibility index (Phi) is 3.12. The minimum atomic E-state index is -0.427. The molecule has 96 valence electrons. The lowest BCUT2D eigenvalue weighted by molar-refractivity contribution is -0.151. The van der Waals surface area contributed by atoms with Crippen LogP contribution >= 0.6 is 0 Å². The molecule has 0 aromatic rings. The van der Waals surface area contributed by atoms with Crippen molar-refractivity contribution >= 4 is 11.8 Å². The van der Waals surface area contributed by atoms with Crippen molar-refractivity contribution in [3.8, 4) is 0 Å². The predicted octanol–water partition coefficient (Wildman–Crippen LogP) is 0.291. The number of rotatable bonds is 2. The molecule has 3 unspecified atom stereocenters. The topological polar surface area (TPSA) is 58.6 Å². The Balaban J connectivity index is 2.11. The normalized spacial score (nSPS) is 38.4. The average molecular weight is 240 g/mol. The van der Waals surface area contributed by atoms with Gasteiger partial charge in [0.05, 0.1) is 12.1 Å². The third kappa shape index (κ3) is 2.29. The Labute approximate surface area is 101 Å². The van der Waals surface area contributed by atoms with Crippen molar-refractivity contribution in [3.05, 3.63) is 0 Å². The fraction of sp³-hybridized carbons (Fsp3) is 0.833. The van der Waals surface area contributed by atoms with E-state index in [0.29, 0.717) is 6.54 Å². The van der Waals surface area contributed by atoms with E-state index in [1.54, 1.807) is 18.7 Å². The van der Waals surface area contributed by atoms with Crippen LogP contribution in [0.1, 0.15) is 33.6 Å². The number of nitrogens with zero attached hydrogens (tertiary/aromatic N) is 1. The van der Waals surface area contributed by atoms with Crippen LogP contribution in [0.5, 0.6) is 0 Å². The van der Waals surface area contributed by atoms with Crippen LogP contribution in [0.25, 0.3) is 0 Å². The molecule has 0 saturated carbocycles. The third-order valence-corrected chi connectivity index (χ3v) is 3.66. The van der Waals surface area contributed by atoms with Crippen LogP contribution in [0.15, 0.2) is 0 Å². The molecule has 5 nitrogen and oxygen atoms in total. The molecule has 1 N–H and O–H groups in total. The first kappa shape index (κ1) is 12.4. The standard InChI is InChI=1S/C12H20N2O3/c1-8-11(16)14(9(2)10(15)13-8)7-12(3)5-4-6-17-12/h8-9H,4-7H2,1-3H3,(H,13,15). The van der Waals surface area contributed by atoms with Gasteiger partial charge in [-0.2, -0.15) is 0 Å². The summed E-state index contributed by atoms with van der Waals surface area (Å²) in [6.45, 7) is 6.74. The second-order valence-electron chi connectivity index (χ2n) is 5.27. The lowest BCUT2D eigenvalue weighted by Crippen LogP contribution is -2.63. The van der Waals surface area contributed by atoms with Crippen molar-refractivity contribution in [1.82, 2.24) is 10.2 Å². The lowest BCUT2D eigenvalue weighted by atomic mass is 9.99. The number of piperazine rings is 1. The number of amides is 2. The minimum Gasteiger partial charge on any atom is -0.373 e. The number of hydrogen-bond acceptors (Lipinski definition) is 3. The van der Waals surface area contributed by atoms with Crippen LogP contribution in [0.3, 0.4) is 0 Å². The highest BCUT2D eigenvalue weighted by Gasteiger charge is 2.41. The highest BCUT2D eigenvalue weighted by Crippen LogP contribution is 2.27. The van der Waals surface area contributed by atoms with E-state index in [-0.39, 0.29) is 17.4 Å². The summed E-state index contributed by atoms with van der Waals surface area (Å²) in [5.41, 5.74) is -0.290. The summed E-state index contributed by atoms with van der Waals surface area (Å²) in [5, 5.41) is 2.68. The van der Waals surface area contributed by atoms with Crippen LogP contribution in [-0.4, -0.2) is 47.6 Å². The van der Waals surface area contributed by atoms with Crippen molar-refractivity contribution in [2.24, 2.45) is 0 Å². The molecule has 2 aliphatic heterocycles. The van der Waals surface area contributed by atoms with Crippen molar-refractivity contribution in [2.45, 2.75) is 51.3 Å². The van der Waals surface area contributed by atoms with Gasteiger partial charge >= 0.3 is 0 Å². The van der Waals surface area contributed by atoms with E-state index in [1.807, 2.05) is 6.92 Å². The molecule has 3 atom stereocenters. The number of hydrogen-bond donors (Lipinski definition) is 1. The second kappa shape index (κ2) is 4.29. The highest BCUT2D eigenvalue weighted by atomic mass is 16.5. The van der Waals surface area contributed by atoms with E-state index in [2.05, 4.69) is 5.32 Å². The van der Waals surface area contributed by atoms with Gasteiger partial charge in [-0.3, -0.25) is 9.59 Å². The third-order valence-electron chi connectivity index (χ3n) is 3.66. The SMILES string of the molecule is CC1NC(=O)C(C)N(CC2(C)CCCO2)C1=O. The molecule has 2 rings (SSSR count). The van der Waals surface area contributed by atoms with Gasteiger partial charge in [-0.05, 0) is 33.6 Å². The fourth-order valence-electron chi connectivity index (χ4n) is 2.51. The minimum absolute atomic E-state index is 0.0196. The summed E-state index contributed by atoms with van der Waals surface area (Å²) < 4.78 is 5.68. The number of carbonyl (C=O) groups excluding carboxylic acids is 2. The van der Waals surface area contributed by atoms with Crippen molar-refractivity contribution in [3.63, 3.8) is 0 Å². The first-order valence-electron chi connectivity index (χ1n) is 6.18. The molecule has 2 saturated heterocycles. The van der Waals surface area contributed by atoms with Gasteiger partial charge in [-0.25, -0.2) is 0 Å². The van der Waals surface area contributed by atoms with Crippen molar-refractivity contribution in [1.29, 1.82) is 0 Å². The summed E-state index contributed by atoms with van der Waals surface area (Å²) in [4.78, 5) is 25.4. The maximum Gasteiger partial charge on any atom is 0.245 e. The van der Waals surface area contributed by atoms with E-state index in [0.717, 1.165) is 19.4 Å². The quantitative estimate of drug-likeness (QED) is 0.755. The smallest absolute Gasteiger partial charge is 0.245 e. The fourth-order valence-corrected chi connectivity index (χ4v) is 2.51. The monoisotopic (exact) mass is 240 g/mol. The summed E-state index contributed by atoms with van der Waals surface area (Å²) in [7, 11) is 0. The predicted molar refractivity (Wildman–Crippen MR) is 62.4 cm³/mol. The molecule has 2 aliphatic rings. The van der Waals surface area contributed by atoms with Gasteiger partial charge in [0, 0.05) is 6.61 Å². The summed E-state index contributed by atoms with van der Waals surface area (Å²) >= 11 is 0. The number of ether oxygens (including phenoxy) is 1. The molecular weight excluding hydrogens is 220 g/mol. The maximum atomic E-state index is 12.1. The van der Waals surface area contributed by atoms with Gasteiger partial charge in [0.1, 0.15) is 12.1 Å². The molecule has 2 heterocycles. The molecule has 0 aromatic heterocycles. The molecule has 17 heavy (non-hydrogen) atoms. The summed E-state index contributed by atoms with van der Waals surface area (Å²) in [6, 6.07) is -0.830. The van der Waals surface area contributed by atoms with Gasteiger partial charge in [0.2, 0.25) is 11.8 Å². The molecule has 0 spiro atoms. The zero-order valence-corrected chi connectivity index (χ0v) is 10.7. The largest absolute Gasteiger partial charge is 0.373 e. The van der Waals surface area contributed by atoms with Gasteiger partial charge in [0.25, 0.3) is 0 Å². The zero-order chi connectivity index (χ0) is 12.6. The average Bonchev–Trinajstić information content (AvgIpc) is 2.69. The Morgan fingerprint density at radius 3 is 2.76 bits per heavy atom. The van der Waals surface area contributed by atoms with Gasteiger partial charge in [0.15, 0.2) is 0 Å². The molecule has 0 aromatic carbocycles. The van der Waals surface area contributed by atoms with Crippen LogP contribution in [0.4, 0.5) is 0 Å². The summed E-state index contributed by atoms with van der Waals surface area (Å²) in [6.07, 6.45) is 1.97. The van der Waals surface area contributed by atoms with E-state index in [9.17, 15) is 9.59 Å². The van der Waals surface area contributed by atoms with E-state index >= 15 is 0 Å². The maximum absolute atomic E-state index is 12.1. The highest BCUT2D eigenvalue weighted by molar-refractivity contribution is 5.96. The summed E-state index contributed by atoms with van der Waals surface area (Å²) in [5.74, 6) is -0.104. The van der Waals surface area contributed by atoms with Crippen LogP contribution in [0.2, 0.25) is 0 Å².